The molecule has 0 aliphatic heterocycles. The van der Waals surface area contributed by atoms with Crippen molar-refractivity contribution in [2.45, 2.75) is 72.1 Å². The number of nitrogens with zero attached hydrogens (tertiary/aromatic N) is 1. The molecule has 7 heteroatoms. The van der Waals surface area contributed by atoms with E-state index in [4.69, 9.17) is 4.74 Å². The van der Waals surface area contributed by atoms with Gasteiger partial charge in [-0.05, 0) is 49.4 Å². The smallest absolute Gasteiger partial charge is 0.352 e. The number of carbonyl (C=O) groups is 2. The summed E-state index contributed by atoms with van der Waals surface area (Å²) in [7, 11) is 1.44. The number of aliphatic carboxylic acids is 1. The number of rotatable bonds is 15. The fourth-order valence-electron chi connectivity index (χ4n) is 3.60. The lowest BCUT2D eigenvalue weighted by atomic mass is 9.99. The maximum absolute atomic E-state index is 12.1. The van der Waals surface area contributed by atoms with Crippen molar-refractivity contribution in [3.8, 4) is 0 Å². The van der Waals surface area contributed by atoms with Gasteiger partial charge in [-0.1, -0.05) is 64.1 Å². The van der Waals surface area contributed by atoms with Gasteiger partial charge in [-0.25, -0.2) is 4.79 Å². The Labute approximate surface area is 199 Å². The van der Waals surface area contributed by atoms with E-state index < -0.39 is 11.7 Å². The van der Waals surface area contributed by atoms with Crippen molar-refractivity contribution in [2.24, 2.45) is 5.92 Å². The lowest BCUT2D eigenvalue weighted by molar-refractivity contribution is -0.190. The second-order valence-electron chi connectivity index (χ2n) is 8.15. The molecule has 1 aromatic rings. The predicted molar refractivity (Wildman–Crippen MR) is 132 cm³/mol. The molecule has 0 saturated heterocycles. The molecule has 1 rings (SSSR count). The molecule has 0 aliphatic rings. The number of benzene rings is 1. The standard InChI is InChI=1S/C25H40N2O4.ClH/c1-6-27(7-2)25(31-5,24(29)30)18-21-14-16-22(17-15-21)19-26-23(28)13-11-9-8-10-12-20(3)4;/h10,12,14-17,20H,6-9,11,13,18-19H2,1-5H3,(H,26,28)(H,29,30);1H. The van der Waals surface area contributed by atoms with Crippen LogP contribution in [0.1, 0.15) is 64.5 Å². The zero-order chi connectivity index (χ0) is 23.3. The third kappa shape index (κ3) is 9.72. The molecule has 0 heterocycles. The van der Waals surface area contributed by atoms with Crippen LogP contribution in [0.2, 0.25) is 0 Å². The molecule has 32 heavy (non-hydrogen) atoms. The molecule has 0 spiro atoms. The van der Waals surface area contributed by atoms with Crippen molar-refractivity contribution < 1.29 is 19.4 Å². The van der Waals surface area contributed by atoms with E-state index in [-0.39, 0.29) is 24.7 Å². The Bertz CT molecular complexity index is 702. The second kappa shape index (κ2) is 15.8. The first kappa shape index (κ1) is 30.1. The molecule has 1 unspecified atom stereocenters. The Morgan fingerprint density at radius 1 is 1.12 bits per heavy atom. The lowest BCUT2D eigenvalue weighted by Crippen LogP contribution is -2.57. The summed E-state index contributed by atoms with van der Waals surface area (Å²) in [6, 6.07) is 7.67. The summed E-state index contributed by atoms with van der Waals surface area (Å²) in [4.78, 5) is 25.9. The van der Waals surface area contributed by atoms with Gasteiger partial charge in [0.25, 0.3) is 0 Å². The highest BCUT2D eigenvalue weighted by Crippen LogP contribution is 2.23. The lowest BCUT2D eigenvalue weighted by Gasteiger charge is -2.38. The Kier molecular flexibility index (Phi) is 14.9. The van der Waals surface area contributed by atoms with Gasteiger partial charge in [0.15, 0.2) is 0 Å². The Morgan fingerprint density at radius 3 is 2.22 bits per heavy atom. The molecule has 2 N–H and O–H groups in total. The van der Waals surface area contributed by atoms with Crippen LogP contribution < -0.4 is 5.32 Å². The molecule has 1 amide bonds. The third-order valence-electron chi connectivity index (χ3n) is 5.45. The van der Waals surface area contributed by atoms with Gasteiger partial charge >= 0.3 is 5.97 Å². The summed E-state index contributed by atoms with van der Waals surface area (Å²) in [6.45, 7) is 9.78. The van der Waals surface area contributed by atoms with Crippen LogP contribution in [-0.2, 0) is 27.3 Å². The Morgan fingerprint density at radius 2 is 1.72 bits per heavy atom. The van der Waals surface area contributed by atoms with Gasteiger partial charge in [0.2, 0.25) is 11.6 Å². The number of carboxylic acid groups (broad SMARTS) is 1. The summed E-state index contributed by atoms with van der Waals surface area (Å²) in [6.07, 6.45) is 8.08. The summed E-state index contributed by atoms with van der Waals surface area (Å²) in [5.41, 5.74) is 0.475. The largest absolute Gasteiger partial charge is 0.478 e. The molecular weight excluding hydrogens is 428 g/mol. The monoisotopic (exact) mass is 468 g/mol. The predicted octanol–water partition coefficient (Wildman–Crippen LogP) is 4.81. The van der Waals surface area contributed by atoms with Crippen molar-refractivity contribution in [2.75, 3.05) is 20.2 Å². The van der Waals surface area contributed by atoms with Crippen LogP contribution in [0.4, 0.5) is 0 Å². The first-order chi connectivity index (χ1) is 14.8. The van der Waals surface area contributed by atoms with Crippen LogP contribution in [0.15, 0.2) is 36.4 Å². The summed E-state index contributed by atoms with van der Waals surface area (Å²) in [5.74, 6) is -0.362. The zero-order valence-electron chi connectivity index (χ0n) is 20.2. The van der Waals surface area contributed by atoms with Gasteiger partial charge in [0.1, 0.15) is 0 Å². The van der Waals surface area contributed by atoms with Crippen molar-refractivity contribution in [1.29, 1.82) is 0 Å². The first-order valence-electron chi connectivity index (χ1n) is 11.3. The highest BCUT2D eigenvalue weighted by molar-refractivity contribution is 5.85. The number of hydrogen-bond donors (Lipinski definition) is 2. The number of ether oxygens (including phenoxy) is 1. The molecule has 0 aromatic heterocycles. The van der Waals surface area contributed by atoms with E-state index in [0.29, 0.717) is 32.0 Å². The number of carboxylic acids is 1. The number of halogens is 1. The van der Waals surface area contributed by atoms with E-state index >= 15 is 0 Å². The van der Waals surface area contributed by atoms with Crippen molar-refractivity contribution in [3.63, 3.8) is 0 Å². The van der Waals surface area contributed by atoms with Gasteiger partial charge in [-0.15, -0.1) is 12.4 Å². The average molecular weight is 469 g/mol. The van der Waals surface area contributed by atoms with Crippen LogP contribution in [0.25, 0.3) is 0 Å². The normalized spacial score (nSPS) is 13.2. The van der Waals surface area contributed by atoms with Crippen LogP contribution in [0, 0.1) is 5.92 Å². The van der Waals surface area contributed by atoms with Crippen LogP contribution in [-0.4, -0.2) is 47.8 Å². The number of nitrogens with one attached hydrogen (secondary N) is 1. The molecule has 1 atom stereocenters. The number of carbonyl (C=O) groups excluding carboxylic acids is 1. The van der Waals surface area contributed by atoms with Gasteiger partial charge in [0.05, 0.1) is 0 Å². The average Bonchev–Trinajstić information content (AvgIpc) is 2.75. The van der Waals surface area contributed by atoms with Crippen molar-refractivity contribution in [3.05, 3.63) is 47.5 Å². The minimum absolute atomic E-state index is 0. The Balaban J connectivity index is 0.00000961. The van der Waals surface area contributed by atoms with E-state index in [1.54, 1.807) is 0 Å². The van der Waals surface area contributed by atoms with Crippen LogP contribution in [0.5, 0.6) is 0 Å². The molecule has 6 nitrogen and oxygen atoms in total. The van der Waals surface area contributed by atoms with Crippen LogP contribution in [0.3, 0.4) is 0 Å². The second-order valence-corrected chi connectivity index (χ2v) is 8.15. The molecule has 0 saturated carbocycles. The number of amides is 1. The highest BCUT2D eigenvalue weighted by Gasteiger charge is 2.43. The van der Waals surface area contributed by atoms with Crippen LogP contribution >= 0.6 is 12.4 Å². The van der Waals surface area contributed by atoms with Gasteiger partial charge in [-0.2, -0.15) is 0 Å². The quantitative estimate of drug-likeness (QED) is 0.219. The minimum Gasteiger partial charge on any atom is -0.478 e. The third-order valence-corrected chi connectivity index (χ3v) is 5.45. The summed E-state index contributed by atoms with van der Waals surface area (Å²) in [5, 5.41) is 12.8. The van der Waals surface area contributed by atoms with E-state index in [0.717, 1.165) is 30.4 Å². The van der Waals surface area contributed by atoms with Gasteiger partial charge < -0.3 is 15.2 Å². The molecule has 0 aliphatic carbocycles. The van der Waals surface area contributed by atoms with Crippen molar-refractivity contribution in [1.82, 2.24) is 10.2 Å². The number of likely N-dealkylation sites (N-methyl/N-ethyl adjacent to an activating group) is 1. The van der Waals surface area contributed by atoms with E-state index in [2.05, 4.69) is 31.3 Å². The van der Waals surface area contributed by atoms with E-state index in [9.17, 15) is 14.7 Å². The summed E-state index contributed by atoms with van der Waals surface area (Å²) < 4.78 is 5.50. The number of methoxy groups -OCH3 is 1. The highest BCUT2D eigenvalue weighted by atomic mass is 35.5. The molecule has 182 valence electrons. The topological polar surface area (TPSA) is 78.9 Å². The Hall–Kier alpha value is -1.89. The molecule has 0 fully saturated rings. The maximum atomic E-state index is 12.1. The number of allylic oxidation sites excluding steroid dienone is 2. The molecule has 1 aromatic carbocycles. The summed E-state index contributed by atoms with van der Waals surface area (Å²) >= 11 is 0. The fraction of sp³-hybridized carbons (Fsp3) is 0.600. The number of unbranched alkanes of at least 4 members (excludes halogenated alkanes) is 2. The fourth-order valence-corrected chi connectivity index (χ4v) is 3.60. The van der Waals surface area contributed by atoms with E-state index in [1.807, 2.05) is 43.0 Å². The first-order valence-corrected chi connectivity index (χ1v) is 11.3. The maximum Gasteiger partial charge on any atom is 0.352 e. The molecular formula is C25H41ClN2O4. The minimum atomic E-state index is -1.39. The molecule has 0 bridgehead atoms. The molecule has 0 radical (unpaired) electrons. The van der Waals surface area contributed by atoms with Gasteiger partial charge in [0, 0.05) is 26.5 Å². The van der Waals surface area contributed by atoms with E-state index in [1.165, 1.54) is 7.11 Å². The van der Waals surface area contributed by atoms with Gasteiger partial charge in [-0.3, -0.25) is 9.69 Å². The SMILES string of the molecule is CCN(CC)C(Cc1ccc(CNC(=O)CCCCC=CC(C)C)cc1)(OC)C(=O)O.Cl. The number of hydrogen-bond acceptors (Lipinski definition) is 4. The van der Waals surface area contributed by atoms with Crippen molar-refractivity contribution >= 4 is 24.3 Å². The zero-order valence-corrected chi connectivity index (χ0v) is 21.0.